The van der Waals surface area contributed by atoms with Gasteiger partial charge in [-0.05, 0) is 31.4 Å². The van der Waals surface area contributed by atoms with Gasteiger partial charge in [0.2, 0.25) is 5.09 Å². The molecule has 2 fully saturated rings. The lowest BCUT2D eigenvalue weighted by atomic mass is 10.2. The Morgan fingerprint density at radius 2 is 2.00 bits per heavy atom. The molecule has 124 valence electrons. The van der Waals surface area contributed by atoms with E-state index < -0.39 is 10.0 Å². The first kappa shape index (κ1) is 16.0. The third-order valence-corrected chi connectivity index (χ3v) is 6.13. The summed E-state index contributed by atoms with van der Waals surface area (Å²) in [6.07, 6.45) is 3.11. The van der Waals surface area contributed by atoms with Crippen LogP contribution in [0.4, 0.5) is 0 Å². The zero-order chi connectivity index (χ0) is 15.6. The Hall–Kier alpha value is -0.890. The number of nitrogens with zero attached hydrogens (tertiary/aromatic N) is 2. The van der Waals surface area contributed by atoms with Crippen LogP contribution in [0.2, 0.25) is 0 Å². The van der Waals surface area contributed by atoms with E-state index in [0.29, 0.717) is 25.4 Å². The van der Waals surface area contributed by atoms with Gasteiger partial charge in [-0.15, -0.1) is 0 Å². The molecule has 22 heavy (non-hydrogen) atoms. The highest BCUT2D eigenvalue weighted by molar-refractivity contribution is 7.89. The van der Waals surface area contributed by atoms with Crippen LogP contribution in [0.1, 0.15) is 31.9 Å². The fourth-order valence-electron chi connectivity index (χ4n) is 3.03. The van der Waals surface area contributed by atoms with E-state index >= 15 is 0 Å². The topological polar surface area (TPSA) is 63.0 Å². The van der Waals surface area contributed by atoms with Gasteiger partial charge in [-0.1, -0.05) is 6.92 Å². The summed E-state index contributed by atoms with van der Waals surface area (Å²) in [5.41, 5.74) is 0. The molecule has 6 nitrogen and oxygen atoms in total. The fraction of sp³-hybridized carbons (Fsp3) is 0.733. The minimum Gasteiger partial charge on any atom is -0.447 e. The van der Waals surface area contributed by atoms with Crippen LogP contribution in [-0.4, -0.2) is 56.5 Å². The monoisotopic (exact) mass is 328 g/mol. The van der Waals surface area contributed by atoms with Gasteiger partial charge >= 0.3 is 0 Å². The molecule has 3 rings (SSSR count). The van der Waals surface area contributed by atoms with Crippen LogP contribution in [-0.2, 0) is 21.3 Å². The maximum atomic E-state index is 12.4. The van der Waals surface area contributed by atoms with Crippen molar-refractivity contribution in [2.45, 2.75) is 43.9 Å². The third-order valence-electron chi connectivity index (χ3n) is 4.35. The number of ether oxygens (including phenoxy) is 1. The van der Waals surface area contributed by atoms with Crippen LogP contribution in [0.25, 0.3) is 0 Å². The second-order valence-corrected chi connectivity index (χ2v) is 7.84. The summed E-state index contributed by atoms with van der Waals surface area (Å²) in [6.45, 7) is 6.38. The SMILES string of the molecule is CC[C@@H]1CN(Cc2ccc(S(=O)(=O)N3CCCC3)o2)CCO1. The Morgan fingerprint density at radius 1 is 1.23 bits per heavy atom. The number of rotatable bonds is 5. The predicted octanol–water partition coefficient (Wildman–Crippen LogP) is 1.67. The molecule has 2 aliphatic heterocycles. The third kappa shape index (κ3) is 3.37. The van der Waals surface area contributed by atoms with Crippen molar-refractivity contribution in [2.24, 2.45) is 0 Å². The van der Waals surface area contributed by atoms with Gasteiger partial charge in [-0.3, -0.25) is 4.90 Å². The van der Waals surface area contributed by atoms with Crippen molar-refractivity contribution in [3.05, 3.63) is 17.9 Å². The van der Waals surface area contributed by atoms with Crippen molar-refractivity contribution >= 4 is 10.0 Å². The van der Waals surface area contributed by atoms with E-state index in [1.165, 1.54) is 4.31 Å². The molecule has 2 saturated heterocycles. The Bertz CT molecular complexity index is 592. The maximum Gasteiger partial charge on any atom is 0.276 e. The van der Waals surface area contributed by atoms with Crippen molar-refractivity contribution in [1.82, 2.24) is 9.21 Å². The Kier molecular flexibility index (Phi) is 4.87. The van der Waals surface area contributed by atoms with Gasteiger partial charge in [0.05, 0.1) is 19.3 Å². The smallest absolute Gasteiger partial charge is 0.276 e. The average Bonchev–Trinajstić information content (AvgIpc) is 3.19. The lowest BCUT2D eigenvalue weighted by Gasteiger charge is -2.31. The average molecular weight is 328 g/mol. The molecule has 0 saturated carbocycles. The number of hydrogen-bond donors (Lipinski definition) is 0. The van der Waals surface area contributed by atoms with E-state index in [-0.39, 0.29) is 11.2 Å². The number of furan rings is 1. The first-order valence-electron chi connectivity index (χ1n) is 8.02. The standard InChI is InChI=1S/C15H24N2O4S/c1-2-13-11-16(9-10-20-13)12-14-5-6-15(21-14)22(18,19)17-7-3-4-8-17/h5-6,13H,2-4,7-12H2,1H3/t13-/m1/s1. The summed E-state index contributed by atoms with van der Waals surface area (Å²) in [5, 5.41) is 0.0738. The molecule has 1 atom stereocenters. The highest BCUT2D eigenvalue weighted by Gasteiger charge is 2.30. The summed E-state index contributed by atoms with van der Waals surface area (Å²) in [4.78, 5) is 2.25. The Balaban J connectivity index is 1.66. The van der Waals surface area contributed by atoms with E-state index in [1.54, 1.807) is 12.1 Å². The summed E-state index contributed by atoms with van der Waals surface area (Å²) >= 11 is 0. The lowest BCUT2D eigenvalue weighted by Crippen LogP contribution is -2.41. The molecule has 2 aliphatic rings. The number of sulfonamides is 1. The molecular formula is C15H24N2O4S. The minimum atomic E-state index is -3.45. The van der Waals surface area contributed by atoms with Crippen LogP contribution in [0.15, 0.2) is 21.6 Å². The van der Waals surface area contributed by atoms with Crippen molar-refractivity contribution < 1.29 is 17.6 Å². The van der Waals surface area contributed by atoms with Crippen LogP contribution in [0.3, 0.4) is 0 Å². The van der Waals surface area contributed by atoms with Crippen LogP contribution in [0.5, 0.6) is 0 Å². The van der Waals surface area contributed by atoms with Crippen molar-refractivity contribution in [1.29, 1.82) is 0 Å². The van der Waals surface area contributed by atoms with Gasteiger partial charge in [0.25, 0.3) is 10.0 Å². The molecule has 0 aromatic carbocycles. The van der Waals surface area contributed by atoms with E-state index in [9.17, 15) is 8.42 Å². The lowest BCUT2D eigenvalue weighted by molar-refractivity contribution is -0.0344. The van der Waals surface area contributed by atoms with Gasteiger partial charge in [0.15, 0.2) is 0 Å². The minimum absolute atomic E-state index is 0.0738. The predicted molar refractivity (Wildman–Crippen MR) is 82.0 cm³/mol. The highest BCUT2D eigenvalue weighted by Crippen LogP contribution is 2.23. The van der Waals surface area contributed by atoms with Crippen LogP contribution < -0.4 is 0 Å². The number of morpholine rings is 1. The largest absolute Gasteiger partial charge is 0.447 e. The first-order chi connectivity index (χ1) is 10.6. The van der Waals surface area contributed by atoms with Crippen LogP contribution >= 0.6 is 0 Å². The molecule has 0 spiro atoms. The van der Waals surface area contributed by atoms with Crippen molar-refractivity contribution in [3.8, 4) is 0 Å². The van der Waals surface area contributed by atoms with Gasteiger partial charge in [0, 0.05) is 26.2 Å². The van der Waals surface area contributed by atoms with Gasteiger partial charge in [-0.2, -0.15) is 4.31 Å². The first-order valence-corrected chi connectivity index (χ1v) is 9.46. The van der Waals surface area contributed by atoms with Crippen molar-refractivity contribution in [2.75, 3.05) is 32.8 Å². The van der Waals surface area contributed by atoms with E-state index in [4.69, 9.17) is 9.15 Å². The van der Waals surface area contributed by atoms with E-state index in [2.05, 4.69) is 11.8 Å². The fourth-order valence-corrected chi connectivity index (χ4v) is 4.47. The second-order valence-electron chi connectivity index (χ2n) is 5.97. The molecule has 7 heteroatoms. The number of hydrogen-bond acceptors (Lipinski definition) is 5. The zero-order valence-corrected chi connectivity index (χ0v) is 13.8. The molecule has 1 aromatic heterocycles. The van der Waals surface area contributed by atoms with Gasteiger partial charge < -0.3 is 9.15 Å². The normalized spacial score (nSPS) is 24.9. The zero-order valence-electron chi connectivity index (χ0n) is 13.0. The summed E-state index contributed by atoms with van der Waals surface area (Å²) < 4.78 is 37.7. The molecule has 0 bridgehead atoms. The van der Waals surface area contributed by atoms with Gasteiger partial charge in [0.1, 0.15) is 5.76 Å². The van der Waals surface area contributed by atoms with E-state index in [1.807, 2.05) is 0 Å². The summed E-state index contributed by atoms with van der Waals surface area (Å²) in [7, 11) is -3.45. The Morgan fingerprint density at radius 3 is 2.73 bits per heavy atom. The Labute approximate surface area is 132 Å². The molecule has 0 amide bonds. The van der Waals surface area contributed by atoms with Gasteiger partial charge in [-0.25, -0.2) is 8.42 Å². The van der Waals surface area contributed by atoms with Crippen molar-refractivity contribution in [3.63, 3.8) is 0 Å². The molecule has 0 N–H and O–H groups in total. The quantitative estimate of drug-likeness (QED) is 0.823. The molecule has 0 aliphatic carbocycles. The molecule has 1 aromatic rings. The molecule has 3 heterocycles. The second kappa shape index (κ2) is 6.70. The maximum absolute atomic E-state index is 12.4. The summed E-state index contributed by atoms with van der Waals surface area (Å²) in [6, 6.07) is 3.36. The molecule has 0 unspecified atom stereocenters. The molecule has 0 radical (unpaired) electrons. The van der Waals surface area contributed by atoms with Crippen LogP contribution in [0, 0.1) is 0 Å². The highest BCUT2D eigenvalue weighted by atomic mass is 32.2. The molecular weight excluding hydrogens is 304 g/mol. The summed E-state index contributed by atoms with van der Waals surface area (Å²) in [5.74, 6) is 0.703. The van der Waals surface area contributed by atoms with E-state index in [0.717, 1.165) is 39.0 Å².